The molecule has 0 aliphatic rings. The summed E-state index contributed by atoms with van der Waals surface area (Å²) in [6.07, 6.45) is 0.0950. The zero-order chi connectivity index (χ0) is 12.2. The van der Waals surface area contributed by atoms with E-state index < -0.39 is 7.60 Å². The molecule has 0 bridgehead atoms. The topological polar surface area (TPSA) is 79.4 Å². The number of nitrogen functional groups attached to an aromatic ring is 1. The van der Waals surface area contributed by atoms with Gasteiger partial charge in [0.15, 0.2) is 0 Å². The van der Waals surface area contributed by atoms with Crippen LogP contribution in [0.2, 0.25) is 0 Å². The summed E-state index contributed by atoms with van der Waals surface area (Å²) < 4.78 is 24.1. The number of rotatable bonds is 6. The Balaban J connectivity index is 2.83. The van der Waals surface area contributed by atoms with Gasteiger partial charge < -0.3 is 14.8 Å². The van der Waals surface area contributed by atoms with Crippen molar-refractivity contribution in [2.24, 2.45) is 0 Å². The van der Waals surface area contributed by atoms with Crippen LogP contribution in [0.15, 0.2) is 6.07 Å². The van der Waals surface area contributed by atoms with Crippen LogP contribution in [-0.2, 0) is 19.9 Å². The average molecular weight is 247 g/mol. The quantitative estimate of drug-likeness (QED) is 0.777. The van der Waals surface area contributed by atoms with E-state index in [0.717, 1.165) is 5.69 Å². The lowest BCUT2D eigenvalue weighted by atomic mass is 10.5. The van der Waals surface area contributed by atoms with Gasteiger partial charge in [-0.2, -0.15) is 5.10 Å². The highest BCUT2D eigenvalue weighted by Crippen LogP contribution is 2.49. The molecule has 0 amide bonds. The highest BCUT2D eigenvalue weighted by atomic mass is 31.2. The average Bonchev–Trinajstić information content (AvgIpc) is 2.45. The molecule has 0 aliphatic heterocycles. The highest BCUT2D eigenvalue weighted by Gasteiger charge is 2.25. The monoisotopic (exact) mass is 247 g/mol. The Hall–Kier alpha value is -0.840. The summed E-state index contributed by atoms with van der Waals surface area (Å²) in [6, 6.07) is 1.71. The number of nitrogens with zero attached hydrogens (tertiary/aromatic N) is 2. The molecule has 0 aromatic carbocycles. The van der Waals surface area contributed by atoms with E-state index in [1.165, 1.54) is 0 Å². The van der Waals surface area contributed by atoms with Crippen LogP contribution in [0.25, 0.3) is 0 Å². The minimum atomic E-state index is -3.11. The standard InChI is InChI=1S/C9H18N3O3P/c1-4-14-16(13,15-5-2)7-12-8(3)6-9(10)11-12/h6H,4-5,7H2,1-3H3,(H2,10,11). The lowest BCUT2D eigenvalue weighted by Crippen LogP contribution is -2.08. The summed E-state index contributed by atoms with van der Waals surface area (Å²) in [7, 11) is -3.11. The maximum Gasteiger partial charge on any atom is 0.351 e. The van der Waals surface area contributed by atoms with Crippen LogP contribution in [0, 0.1) is 6.92 Å². The van der Waals surface area contributed by atoms with E-state index in [9.17, 15) is 4.57 Å². The summed E-state index contributed by atoms with van der Waals surface area (Å²) in [6.45, 7) is 6.07. The van der Waals surface area contributed by atoms with Gasteiger partial charge in [-0.15, -0.1) is 0 Å². The van der Waals surface area contributed by atoms with Crippen molar-refractivity contribution in [1.29, 1.82) is 0 Å². The first-order valence-electron chi connectivity index (χ1n) is 5.18. The predicted octanol–water partition coefficient (Wildman–Crippen LogP) is 2.00. The molecule has 16 heavy (non-hydrogen) atoms. The molecule has 0 aliphatic carbocycles. The molecule has 1 heterocycles. The highest BCUT2D eigenvalue weighted by molar-refractivity contribution is 7.52. The number of hydrogen-bond acceptors (Lipinski definition) is 5. The summed E-state index contributed by atoms with van der Waals surface area (Å²) in [4.78, 5) is 0. The lowest BCUT2D eigenvalue weighted by Gasteiger charge is -2.17. The summed E-state index contributed by atoms with van der Waals surface area (Å²) in [5.74, 6) is 0.400. The third kappa shape index (κ3) is 3.33. The molecule has 92 valence electrons. The maximum absolute atomic E-state index is 12.2. The van der Waals surface area contributed by atoms with Gasteiger partial charge in [-0.3, -0.25) is 9.25 Å². The van der Waals surface area contributed by atoms with Crippen LogP contribution >= 0.6 is 7.60 Å². The second kappa shape index (κ2) is 5.48. The minimum absolute atomic E-state index is 0.0950. The number of anilines is 1. The first-order chi connectivity index (χ1) is 7.50. The number of hydrogen-bond donors (Lipinski definition) is 1. The van der Waals surface area contributed by atoms with Crippen LogP contribution in [-0.4, -0.2) is 23.0 Å². The fourth-order valence-electron chi connectivity index (χ4n) is 1.36. The van der Waals surface area contributed by atoms with E-state index in [-0.39, 0.29) is 6.29 Å². The van der Waals surface area contributed by atoms with Gasteiger partial charge in [0.1, 0.15) is 12.1 Å². The number of aromatic nitrogens is 2. The van der Waals surface area contributed by atoms with Gasteiger partial charge in [0.2, 0.25) is 0 Å². The van der Waals surface area contributed by atoms with E-state index in [1.54, 1.807) is 24.6 Å². The number of nitrogens with two attached hydrogens (primary N) is 1. The molecule has 6 nitrogen and oxygen atoms in total. The molecule has 0 saturated heterocycles. The molecule has 2 N–H and O–H groups in total. The summed E-state index contributed by atoms with van der Waals surface area (Å²) in [5, 5.41) is 4.02. The van der Waals surface area contributed by atoms with E-state index in [0.29, 0.717) is 19.0 Å². The van der Waals surface area contributed by atoms with Crippen molar-refractivity contribution in [2.45, 2.75) is 27.1 Å². The van der Waals surface area contributed by atoms with Crippen LogP contribution < -0.4 is 5.73 Å². The van der Waals surface area contributed by atoms with Crippen LogP contribution in [0.1, 0.15) is 19.5 Å². The van der Waals surface area contributed by atoms with E-state index in [1.807, 2.05) is 6.92 Å². The molecule has 1 rings (SSSR count). The van der Waals surface area contributed by atoms with Crippen molar-refractivity contribution in [3.05, 3.63) is 11.8 Å². The van der Waals surface area contributed by atoms with Gasteiger partial charge in [-0.25, -0.2) is 0 Å². The molecule has 0 spiro atoms. The van der Waals surface area contributed by atoms with Crippen LogP contribution in [0.5, 0.6) is 0 Å². The normalized spacial score (nSPS) is 11.9. The Labute approximate surface area is 95.3 Å². The van der Waals surface area contributed by atoms with Crippen molar-refractivity contribution in [3.63, 3.8) is 0 Å². The Bertz CT molecular complexity index is 381. The molecule has 1 aromatic heterocycles. The minimum Gasteiger partial charge on any atom is -0.382 e. The number of aryl methyl sites for hydroxylation is 1. The smallest absolute Gasteiger partial charge is 0.351 e. The third-order valence-electron chi connectivity index (χ3n) is 1.96. The fourth-order valence-corrected chi connectivity index (χ4v) is 2.99. The van der Waals surface area contributed by atoms with Gasteiger partial charge in [0.25, 0.3) is 0 Å². The SMILES string of the molecule is CCOP(=O)(Cn1nc(N)cc1C)OCC. The molecular formula is C9H18N3O3P. The first-order valence-corrected chi connectivity index (χ1v) is 6.91. The van der Waals surface area contributed by atoms with Crippen LogP contribution in [0.3, 0.4) is 0 Å². The Morgan fingerprint density at radius 3 is 2.38 bits per heavy atom. The molecular weight excluding hydrogens is 229 g/mol. The van der Waals surface area contributed by atoms with Crippen molar-refractivity contribution < 1.29 is 13.6 Å². The molecule has 0 saturated carbocycles. The zero-order valence-corrected chi connectivity index (χ0v) is 10.7. The van der Waals surface area contributed by atoms with Crippen molar-refractivity contribution in [2.75, 3.05) is 18.9 Å². The summed E-state index contributed by atoms with van der Waals surface area (Å²) >= 11 is 0. The fraction of sp³-hybridized carbons (Fsp3) is 0.667. The van der Waals surface area contributed by atoms with Gasteiger partial charge in [0, 0.05) is 11.8 Å². The van der Waals surface area contributed by atoms with E-state index >= 15 is 0 Å². The van der Waals surface area contributed by atoms with Crippen LogP contribution in [0.4, 0.5) is 5.82 Å². The molecule has 0 atom stereocenters. The Morgan fingerprint density at radius 2 is 2.00 bits per heavy atom. The Morgan fingerprint density at radius 1 is 1.44 bits per heavy atom. The molecule has 0 unspecified atom stereocenters. The maximum atomic E-state index is 12.2. The van der Waals surface area contributed by atoms with Crippen molar-refractivity contribution >= 4 is 13.4 Å². The lowest BCUT2D eigenvalue weighted by molar-refractivity contribution is 0.213. The molecule has 0 fully saturated rings. The second-order valence-electron chi connectivity index (χ2n) is 3.30. The van der Waals surface area contributed by atoms with Gasteiger partial charge >= 0.3 is 7.60 Å². The van der Waals surface area contributed by atoms with Gasteiger partial charge in [-0.05, 0) is 20.8 Å². The molecule has 0 radical (unpaired) electrons. The predicted molar refractivity (Wildman–Crippen MR) is 62.2 cm³/mol. The molecule has 7 heteroatoms. The third-order valence-corrected chi connectivity index (χ3v) is 3.88. The van der Waals surface area contributed by atoms with E-state index in [4.69, 9.17) is 14.8 Å². The zero-order valence-electron chi connectivity index (χ0n) is 9.84. The van der Waals surface area contributed by atoms with Gasteiger partial charge in [-0.1, -0.05) is 0 Å². The second-order valence-corrected chi connectivity index (χ2v) is 5.32. The summed E-state index contributed by atoms with van der Waals surface area (Å²) in [5.41, 5.74) is 6.37. The first kappa shape index (κ1) is 13.2. The van der Waals surface area contributed by atoms with Crippen molar-refractivity contribution in [1.82, 2.24) is 9.78 Å². The van der Waals surface area contributed by atoms with Gasteiger partial charge in [0.05, 0.1) is 13.2 Å². The van der Waals surface area contributed by atoms with Crippen molar-refractivity contribution in [3.8, 4) is 0 Å². The largest absolute Gasteiger partial charge is 0.382 e. The molecule has 1 aromatic rings. The Kier molecular flexibility index (Phi) is 4.53. The van der Waals surface area contributed by atoms with E-state index in [2.05, 4.69) is 5.10 Å².